The van der Waals surface area contributed by atoms with E-state index in [0.29, 0.717) is 6.04 Å². The molecule has 0 spiro atoms. The highest BCUT2D eigenvalue weighted by Crippen LogP contribution is 2.36. The first kappa shape index (κ1) is 14.4. The predicted molar refractivity (Wildman–Crippen MR) is 85.7 cm³/mol. The van der Waals surface area contributed by atoms with Gasteiger partial charge in [-0.2, -0.15) is 0 Å². The Kier molecular flexibility index (Phi) is 3.63. The second kappa shape index (κ2) is 5.31. The molecule has 1 fully saturated rings. The average Bonchev–Trinajstić information content (AvgIpc) is 2.97. The normalized spacial score (nSPS) is 25.5. The summed E-state index contributed by atoms with van der Waals surface area (Å²) >= 11 is 0. The van der Waals surface area contributed by atoms with Gasteiger partial charge in [0.1, 0.15) is 6.04 Å². The summed E-state index contributed by atoms with van der Waals surface area (Å²) in [5, 5.41) is 0. The number of anilines is 2. The van der Waals surface area contributed by atoms with Crippen LogP contribution in [0.1, 0.15) is 24.4 Å². The molecule has 1 amide bonds. The van der Waals surface area contributed by atoms with Crippen LogP contribution in [-0.4, -0.2) is 51.1 Å². The highest BCUT2D eigenvalue weighted by molar-refractivity contribution is 6.04. The maximum atomic E-state index is 11.9. The van der Waals surface area contributed by atoms with Gasteiger partial charge in [-0.25, -0.2) is 0 Å². The second-order valence-corrected chi connectivity index (χ2v) is 6.28. The fraction of sp³-hybridized carbons (Fsp3) is 0.562. The molecule has 0 aromatic heterocycles. The van der Waals surface area contributed by atoms with Gasteiger partial charge < -0.3 is 20.4 Å². The smallest absolute Gasteiger partial charge is 0.248 e. The quantitative estimate of drug-likeness (QED) is 0.908. The summed E-state index contributed by atoms with van der Waals surface area (Å²) in [4.78, 5) is 18.3. The molecule has 1 aromatic carbocycles. The maximum absolute atomic E-state index is 11.9. The molecule has 2 unspecified atom stereocenters. The lowest BCUT2D eigenvalue weighted by molar-refractivity contribution is -0.118. The lowest BCUT2D eigenvalue weighted by atomic mass is 10.1. The van der Waals surface area contributed by atoms with Crippen LogP contribution in [0, 0.1) is 0 Å². The van der Waals surface area contributed by atoms with Crippen molar-refractivity contribution < 1.29 is 4.79 Å². The summed E-state index contributed by atoms with van der Waals surface area (Å²) < 4.78 is 0. The van der Waals surface area contributed by atoms with E-state index in [9.17, 15) is 4.79 Å². The van der Waals surface area contributed by atoms with Gasteiger partial charge in [-0.15, -0.1) is 0 Å². The molecule has 0 bridgehead atoms. The van der Waals surface area contributed by atoms with Crippen molar-refractivity contribution in [3.8, 4) is 0 Å². The zero-order valence-electron chi connectivity index (χ0n) is 13.0. The van der Waals surface area contributed by atoms with E-state index >= 15 is 0 Å². The Morgan fingerprint density at radius 3 is 2.81 bits per heavy atom. The number of nitrogens with zero attached hydrogens (tertiary/aromatic N) is 3. The number of likely N-dealkylation sites (tertiary alicyclic amines) is 1. The first-order valence-electron chi connectivity index (χ1n) is 7.57. The molecule has 114 valence electrons. The van der Waals surface area contributed by atoms with Crippen molar-refractivity contribution in [2.24, 2.45) is 5.73 Å². The van der Waals surface area contributed by atoms with Gasteiger partial charge in [-0.3, -0.25) is 4.79 Å². The summed E-state index contributed by atoms with van der Waals surface area (Å²) in [5.74, 6) is -0.0275. The Labute approximate surface area is 126 Å². The second-order valence-electron chi connectivity index (χ2n) is 6.28. The van der Waals surface area contributed by atoms with Crippen LogP contribution >= 0.6 is 0 Å². The zero-order chi connectivity index (χ0) is 15.1. The van der Waals surface area contributed by atoms with E-state index in [2.05, 4.69) is 36.0 Å². The number of benzene rings is 1. The Morgan fingerprint density at radius 2 is 2.14 bits per heavy atom. The van der Waals surface area contributed by atoms with Crippen molar-refractivity contribution in [2.45, 2.75) is 24.9 Å². The lowest BCUT2D eigenvalue weighted by Crippen LogP contribution is -2.36. The topological polar surface area (TPSA) is 52.8 Å². The third kappa shape index (κ3) is 2.40. The fourth-order valence-electron chi connectivity index (χ4n) is 3.41. The van der Waals surface area contributed by atoms with Crippen molar-refractivity contribution in [3.05, 3.63) is 23.8 Å². The van der Waals surface area contributed by atoms with Crippen LogP contribution in [0.3, 0.4) is 0 Å². The number of carbonyl (C=O) groups excluding carboxylic acids is 1. The van der Waals surface area contributed by atoms with E-state index in [0.717, 1.165) is 23.5 Å². The third-order valence-electron chi connectivity index (χ3n) is 4.90. The van der Waals surface area contributed by atoms with E-state index in [1.165, 1.54) is 19.4 Å². The summed E-state index contributed by atoms with van der Waals surface area (Å²) in [7, 11) is 6.10. The summed E-state index contributed by atoms with van der Waals surface area (Å²) in [6.07, 6.45) is 2.54. The largest absolute Gasteiger partial charge is 0.373 e. The maximum Gasteiger partial charge on any atom is 0.248 e. The van der Waals surface area contributed by atoms with E-state index < -0.39 is 6.04 Å². The summed E-state index contributed by atoms with van der Waals surface area (Å²) in [6, 6.07) is 6.25. The van der Waals surface area contributed by atoms with Crippen LogP contribution in [0.4, 0.5) is 11.4 Å². The average molecular weight is 288 g/mol. The number of carbonyl (C=O) groups is 1. The molecular formula is C16H24N4O. The number of fused-ring (bicyclic) bond motifs is 1. The van der Waals surface area contributed by atoms with E-state index in [-0.39, 0.29) is 5.91 Å². The minimum atomic E-state index is -0.509. The van der Waals surface area contributed by atoms with Gasteiger partial charge in [0.25, 0.3) is 0 Å². The van der Waals surface area contributed by atoms with Crippen LogP contribution in [0.2, 0.25) is 0 Å². The molecule has 0 saturated carbocycles. The molecule has 1 aromatic rings. The summed E-state index contributed by atoms with van der Waals surface area (Å²) in [5.41, 5.74) is 8.96. The van der Waals surface area contributed by atoms with Crippen LogP contribution in [0.15, 0.2) is 18.2 Å². The predicted octanol–water partition coefficient (Wildman–Crippen LogP) is 1.19. The molecule has 2 aliphatic rings. The standard InChI is InChI=1S/C16H24N4O/c1-18-8-4-5-12(18)10-19(2)11-6-7-13-14(9-11)20(3)16(21)15(13)17/h6-7,9,12,15H,4-5,8,10,17H2,1-3H3. The molecule has 2 aliphatic heterocycles. The van der Waals surface area contributed by atoms with E-state index in [1.807, 2.05) is 6.07 Å². The fourth-order valence-corrected chi connectivity index (χ4v) is 3.41. The molecule has 5 nitrogen and oxygen atoms in total. The third-order valence-corrected chi connectivity index (χ3v) is 4.90. The molecule has 5 heteroatoms. The van der Waals surface area contributed by atoms with Gasteiger partial charge in [0.15, 0.2) is 0 Å². The Morgan fingerprint density at radius 1 is 1.38 bits per heavy atom. The van der Waals surface area contributed by atoms with Gasteiger partial charge in [-0.1, -0.05) is 6.07 Å². The van der Waals surface area contributed by atoms with E-state index in [4.69, 9.17) is 5.73 Å². The van der Waals surface area contributed by atoms with Gasteiger partial charge in [0.05, 0.1) is 5.69 Å². The molecule has 21 heavy (non-hydrogen) atoms. The van der Waals surface area contributed by atoms with Crippen LogP contribution < -0.4 is 15.5 Å². The van der Waals surface area contributed by atoms with Crippen molar-refractivity contribution in [2.75, 3.05) is 44.0 Å². The van der Waals surface area contributed by atoms with Crippen molar-refractivity contribution >= 4 is 17.3 Å². The molecule has 0 radical (unpaired) electrons. The molecule has 2 heterocycles. The zero-order valence-corrected chi connectivity index (χ0v) is 13.0. The minimum absolute atomic E-state index is 0.0275. The SMILES string of the molecule is CN(CC1CCCN1C)c1ccc2c(c1)N(C)C(=O)C2N. The molecule has 2 atom stereocenters. The minimum Gasteiger partial charge on any atom is -0.373 e. The van der Waals surface area contributed by atoms with Gasteiger partial charge >= 0.3 is 0 Å². The number of rotatable bonds is 3. The number of hydrogen-bond acceptors (Lipinski definition) is 4. The number of amides is 1. The van der Waals surface area contributed by atoms with Crippen LogP contribution in [0.5, 0.6) is 0 Å². The Bertz CT molecular complexity index is 559. The number of nitrogens with two attached hydrogens (primary N) is 1. The van der Waals surface area contributed by atoms with Gasteiger partial charge in [-0.05, 0) is 38.6 Å². The summed E-state index contributed by atoms with van der Waals surface area (Å²) in [6.45, 7) is 2.20. The lowest BCUT2D eigenvalue weighted by Gasteiger charge is -2.28. The molecule has 3 rings (SSSR count). The molecule has 0 aliphatic carbocycles. The highest BCUT2D eigenvalue weighted by Gasteiger charge is 2.32. The van der Waals surface area contributed by atoms with Crippen molar-refractivity contribution in [1.29, 1.82) is 0 Å². The van der Waals surface area contributed by atoms with Crippen LogP contribution in [0.25, 0.3) is 0 Å². The van der Waals surface area contributed by atoms with Gasteiger partial charge in [0, 0.05) is 37.9 Å². The highest BCUT2D eigenvalue weighted by atomic mass is 16.2. The van der Waals surface area contributed by atoms with Crippen molar-refractivity contribution in [3.63, 3.8) is 0 Å². The number of hydrogen-bond donors (Lipinski definition) is 1. The first-order valence-corrected chi connectivity index (χ1v) is 7.57. The Hall–Kier alpha value is -1.59. The first-order chi connectivity index (χ1) is 9.99. The monoisotopic (exact) mass is 288 g/mol. The van der Waals surface area contributed by atoms with Gasteiger partial charge in [0.2, 0.25) is 5.91 Å². The van der Waals surface area contributed by atoms with Crippen LogP contribution in [-0.2, 0) is 4.79 Å². The molecule has 1 saturated heterocycles. The van der Waals surface area contributed by atoms with E-state index in [1.54, 1.807) is 11.9 Å². The Balaban J connectivity index is 1.79. The molecule has 2 N–H and O–H groups in total. The van der Waals surface area contributed by atoms with Crippen molar-refractivity contribution in [1.82, 2.24) is 4.90 Å². The molecular weight excluding hydrogens is 264 g/mol. The number of likely N-dealkylation sites (N-methyl/N-ethyl adjacent to an activating group) is 3.